The van der Waals surface area contributed by atoms with Crippen LogP contribution in [0.1, 0.15) is 30.6 Å². The second kappa shape index (κ2) is 6.00. The highest BCUT2D eigenvalue weighted by Gasteiger charge is 2.24. The van der Waals surface area contributed by atoms with Gasteiger partial charge in [-0.25, -0.2) is 0 Å². The Balaban J connectivity index is 2.19. The molecule has 0 saturated carbocycles. The van der Waals surface area contributed by atoms with E-state index in [0.29, 0.717) is 18.2 Å². The number of halogens is 1. The van der Waals surface area contributed by atoms with E-state index in [9.17, 15) is 4.79 Å². The van der Waals surface area contributed by atoms with Crippen molar-refractivity contribution in [3.63, 3.8) is 0 Å². The molecule has 7 heteroatoms. The monoisotopic (exact) mass is 297 g/mol. The maximum Gasteiger partial charge on any atom is 0.259 e. The molecule has 2 aromatic rings. The van der Waals surface area contributed by atoms with Crippen LogP contribution in [0.2, 0.25) is 5.22 Å². The Morgan fingerprint density at radius 2 is 2.25 bits per heavy atom. The van der Waals surface area contributed by atoms with Gasteiger partial charge in [0.25, 0.3) is 5.91 Å². The fourth-order valence-corrected chi connectivity index (χ4v) is 1.84. The fraction of sp³-hybridized carbons (Fsp3) is 0.385. The zero-order valence-electron chi connectivity index (χ0n) is 11.3. The molecule has 0 atom stereocenters. The van der Waals surface area contributed by atoms with Crippen molar-refractivity contribution in [1.82, 2.24) is 10.5 Å². The number of furan rings is 1. The van der Waals surface area contributed by atoms with E-state index in [0.717, 1.165) is 6.42 Å². The van der Waals surface area contributed by atoms with E-state index in [2.05, 4.69) is 24.3 Å². The zero-order chi connectivity index (χ0) is 14.7. The third-order valence-corrected chi connectivity index (χ3v) is 2.96. The zero-order valence-corrected chi connectivity index (χ0v) is 12.0. The van der Waals surface area contributed by atoms with Crippen LogP contribution < -0.4 is 11.1 Å². The lowest BCUT2D eigenvalue weighted by atomic mass is 10.1. The molecule has 2 rings (SSSR count). The van der Waals surface area contributed by atoms with Gasteiger partial charge in [0.15, 0.2) is 16.7 Å². The lowest BCUT2D eigenvalue weighted by molar-refractivity contribution is 0.0953. The summed E-state index contributed by atoms with van der Waals surface area (Å²) < 4.78 is 10.1. The van der Waals surface area contributed by atoms with Crippen molar-refractivity contribution in [3.8, 4) is 11.5 Å². The number of rotatable bonds is 5. The first-order valence-corrected chi connectivity index (χ1v) is 6.66. The van der Waals surface area contributed by atoms with E-state index in [4.69, 9.17) is 26.3 Å². The van der Waals surface area contributed by atoms with Crippen LogP contribution in [0.3, 0.4) is 0 Å². The first-order valence-electron chi connectivity index (χ1n) is 6.28. The van der Waals surface area contributed by atoms with Crippen molar-refractivity contribution < 1.29 is 13.7 Å². The van der Waals surface area contributed by atoms with E-state index in [1.54, 1.807) is 12.1 Å². The molecule has 0 aliphatic heterocycles. The molecular weight excluding hydrogens is 282 g/mol. The number of hydrogen-bond acceptors (Lipinski definition) is 5. The predicted octanol–water partition coefficient (Wildman–Crippen LogP) is 2.95. The summed E-state index contributed by atoms with van der Waals surface area (Å²) in [4.78, 5) is 12.1. The molecule has 2 heterocycles. The molecular formula is C13H16ClN3O3. The number of nitrogen functional groups attached to an aromatic ring is 1. The van der Waals surface area contributed by atoms with Gasteiger partial charge in [0.2, 0.25) is 5.88 Å². The molecule has 0 fully saturated rings. The SMILES string of the molecule is CC(C)CCNC(=O)c1c(-c2ccc(Cl)o2)noc1N. The summed E-state index contributed by atoms with van der Waals surface area (Å²) in [5.74, 6) is 0.449. The van der Waals surface area contributed by atoms with Gasteiger partial charge in [0.1, 0.15) is 5.56 Å². The Kier molecular flexibility index (Phi) is 4.34. The predicted molar refractivity (Wildman–Crippen MR) is 75.4 cm³/mol. The van der Waals surface area contributed by atoms with Gasteiger partial charge in [-0.05, 0) is 36.1 Å². The van der Waals surface area contributed by atoms with Crippen LogP contribution in [-0.2, 0) is 0 Å². The van der Waals surface area contributed by atoms with Crippen LogP contribution >= 0.6 is 11.6 Å². The molecule has 0 aliphatic rings. The van der Waals surface area contributed by atoms with Crippen molar-refractivity contribution in [2.24, 2.45) is 5.92 Å². The molecule has 0 saturated heterocycles. The second-order valence-corrected chi connectivity index (χ2v) is 5.19. The minimum absolute atomic E-state index is 0.0467. The van der Waals surface area contributed by atoms with Gasteiger partial charge < -0.3 is 20.0 Å². The van der Waals surface area contributed by atoms with Crippen LogP contribution in [0.4, 0.5) is 5.88 Å². The van der Waals surface area contributed by atoms with E-state index >= 15 is 0 Å². The molecule has 6 nitrogen and oxygen atoms in total. The Morgan fingerprint density at radius 3 is 2.85 bits per heavy atom. The summed E-state index contributed by atoms with van der Waals surface area (Å²) in [6, 6.07) is 3.16. The van der Waals surface area contributed by atoms with Gasteiger partial charge in [-0.2, -0.15) is 0 Å². The van der Waals surface area contributed by atoms with Crippen LogP contribution in [0.15, 0.2) is 21.1 Å². The summed E-state index contributed by atoms with van der Waals surface area (Å²) >= 11 is 5.71. The Morgan fingerprint density at radius 1 is 1.50 bits per heavy atom. The number of aromatic nitrogens is 1. The normalized spacial score (nSPS) is 11.0. The minimum Gasteiger partial charge on any atom is -0.443 e. The van der Waals surface area contributed by atoms with Crippen molar-refractivity contribution >= 4 is 23.4 Å². The molecule has 108 valence electrons. The van der Waals surface area contributed by atoms with E-state index in [1.165, 1.54) is 0 Å². The fourth-order valence-electron chi connectivity index (χ4n) is 1.69. The summed E-state index contributed by atoms with van der Waals surface area (Å²) in [6.45, 7) is 4.71. The second-order valence-electron chi connectivity index (χ2n) is 4.81. The average molecular weight is 298 g/mol. The van der Waals surface area contributed by atoms with E-state index in [-0.39, 0.29) is 28.3 Å². The van der Waals surface area contributed by atoms with Crippen LogP contribution in [0.25, 0.3) is 11.5 Å². The topological polar surface area (TPSA) is 94.3 Å². The molecule has 1 amide bonds. The number of hydrogen-bond donors (Lipinski definition) is 2. The van der Waals surface area contributed by atoms with E-state index in [1.807, 2.05) is 0 Å². The highest BCUT2D eigenvalue weighted by atomic mass is 35.5. The molecule has 3 N–H and O–H groups in total. The summed E-state index contributed by atoms with van der Waals surface area (Å²) in [5, 5.41) is 6.73. The van der Waals surface area contributed by atoms with Gasteiger partial charge in [0.05, 0.1) is 0 Å². The molecule has 0 bridgehead atoms. The quantitative estimate of drug-likeness (QED) is 0.885. The van der Waals surface area contributed by atoms with Gasteiger partial charge in [-0.15, -0.1) is 0 Å². The lowest BCUT2D eigenvalue weighted by Gasteiger charge is -2.06. The van der Waals surface area contributed by atoms with Crippen molar-refractivity contribution in [2.75, 3.05) is 12.3 Å². The largest absolute Gasteiger partial charge is 0.443 e. The third kappa shape index (κ3) is 3.14. The molecule has 0 aliphatic carbocycles. The van der Waals surface area contributed by atoms with Crippen molar-refractivity contribution in [1.29, 1.82) is 0 Å². The number of nitrogens with two attached hydrogens (primary N) is 1. The Labute approximate surface area is 121 Å². The molecule has 0 spiro atoms. The molecule has 20 heavy (non-hydrogen) atoms. The van der Waals surface area contributed by atoms with Gasteiger partial charge in [-0.3, -0.25) is 4.79 Å². The summed E-state index contributed by atoms with van der Waals surface area (Å²) in [5.41, 5.74) is 6.07. The number of carbonyl (C=O) groups is 1. The number of nitrogens with zero attached hydrogens (tertiary/aromatic N) is 1. The number of anilines is 1. The first-order chi connectivity index (χ1) is 9.49. The van der Waals surface area contributed by atoms with E-state index < -0.39 is 0 Å². The molecule has 0 radical (unpaired) electrons. The maximum absolute atomic E-state index is 12.1. The molecule has 0 aromatic carbocycles. The van der Waals surface area contributed by atoms with Gasteiger partial charge >= 0.3 is 0 Å². The van der Waals surface area contributed by atoms with Crippen LogP contribution in [-0.4, -0.2) is 17.6 Å². The summed E-state index contributed by atoms with van der Waals surface area (Å²) in [6.07, 6.45) is 0.874. The minimum atomic E-state index is -0.341. The standard InChI is InChI=1S/C13H16ClN3O3/c1-7(2)5-6-16-13(18)10-11(17-20-12(10)15)8-3-4-9(14)19-8/h3-4,7H,5-6,15H2,1-2H3,(H,16,18). The number of carbonyl (C=O) groups excluding carboxylic acids is 1. The highest BCUT2D eigenvalue weighted by Crippen LogP contribution is 2.29. The molecule has 0 unspecified atom stereocenters. The van der Waals surface area contributed by atoms with Gasteiger partial charge in [0, 0.05) is 6.54 Å². The van der Waals surface area contributed by atoms with Crippen molar-refractivity contribution in [3.05, 3.63) is 22.9 Å². The van der Waals surface area contributed by atoms with Crippen LogP contribution in [0, 0.1) is 5.92 Å². The number of nitrogens with one attached hydrogen (secondary N) is 1. The smallest absolute Gasteiger partial charge is 0.259 e. The highest BCUT2D eigenvalue weighted by molar-refractivity contribution is 6.29. The average Bonchev–Trinajstić information content (AvgIpc) is 2.94. The van der Waals surface area contributed by atoms with Gasteiger partial charge in [-0.1, -0.05) is 19.0 Å². The lowest BCUT2D eigenvalue weighted by Crippen LogP contribution is -2.26. The Bertz CT molecular complexity index is 604. The summed E-state index contributed by atoms with van der Waals surface area (Å²) in [7, 11) is 0. The Hall–Kier alpha value is -1.95. The first kappa shape index (κ1) is 14.5. The molecule has 2 aromatic heterocycles. The number of amides is 1. The van der Waals surface area contributed by atoms with Crippen LogP contribution in [0.5, 0.6) is 0 Å². The third-order valence-electron chi connectivity index (χ3n) is 2.76. The van der Waals surface area contributed by atoms with Crippen molar-refractivity contribution in [2.45, 2.75) is 20.3 Å². The maximum atomic E-state index is 12.1.